The summed E-state index contributed by atoms with van der Waals surface area (Å²) in [5.74, 6) is -0.115. The Morgan fingerprint density at radius 2 is 2.00 bits per heavy atom. The fraction of sp³-hybridized carbons (Fsp3) is 0.0526. The van der Waals surface area contributed by atoms with Crippen LogP contribution in [-0.4, -0.2) is 15.9 Å². The molecule has 0 radical (unpaired) electrons. The molecule has 1 amide bonds. The lowest BCUT2D eigenvalue weighted by Crippen LogP contribution is -2.14. The topological polar surface area (TPSA) is 90.7 Å². The summed E-state index contributed by atoms with van der Waals surface area (Å²) in [6.45, 7) is 1.91. The molecular weight excluding hydrogens is 350 g/mol. The van der Waals surface area contributed by atoms with Gasteiger partial charge in [0.15, 0.2) is 0 Å². The molecular formula is C19H14ClN5O. The molecule has 3 rings (SSSR count). The van der Waals surface area contributed by atoms with E-state index in [1.807, 2.05) is 25.1 Å². The zero-order chi connectivity index (χ0) is 18.5. The highest BCUT2D eigenvalue weighted by Gasteiger charge is 2.10. The Labute approximate surface area is 155 Å². The van der Waals surface area contributed by atoms with Crippen LogP contribution in [0.2, 0.25) is 5.02 Å². The van der Waals surface area contributed by atoms with E-state index in [-0.39, 0.29) is 11.6 Å². The minimum Gasteiger partial charge on any atom is -0.324 e. The number of nitrogens with zero attached hydrogens (tertiary/aromatic N) is 3. The van der Waals surface area contributed by atoms with Gasteiger partial charge < -0.3 is 10.6 Å². The van der Waals surface area contributed by atoms with Crippen LogP contribution in [0, 0.1) is 18.3 Å². The molecule has 2 N–H and O–H groups in total. The summed E-state index contributed by atoms with van der Waals surface area (Å²) in [4.78, 5) is 20.7. The van der Waals surface area contributed by atoms with E-state index in [0.29, 0.717) is 16.3 Å². The molecule has 0 spiro atoms. The van der Waals surface area contributed by atoms with Gasteiger partial charge in [-0.1, -0.05) is 23.7 Å². The average molecular weight is 364 g/mol. The molecule has 0 unspecified atom stereocenters. The molecule has 0 aliphatic rings. The average Bonchev–Trinajstić information content (AvgIpc) is 2.65. The van der Waals surface area contributed by atoms with Gasteiger partial charge in [-0.05, 0) is 48.9 Å². The fourth-order valence-electron chi connectivity index (χ4n) is 2.21. The van der Waals surface area contributed by atoms with Crippen molar-refractivity contribution in [1.82, 2.24) is 9.97 Å². The molecule has 0 fully saturated rings. The summed E-state index contributed by atoms with van der Waals surface area (Å²) in [6, 6.07) is 15.7. The predicted octanol–water partition coefficient (Wildman–Crippen LogP) is 4.31. The third kappa shape index (κ3) is 4.15. The van der Waals surface area contributed by atoms with Gasteiger partial charge in [0.25, 0.3) is 5.91 Å². The number of anilines is 3. The van der Waals surface area contributed by atoms with E-state index >= 15 is 0 Å². The molecule has 128 valence electrons. The number of aromatic nitrogens is 2. The van der Waals surface area contributed by atoms with E-state index in [1.54, 1.807) is 30.3 Å². The number of amides is 1. The maximum Gasteiger partial charge on any atom is 0.274 e. The summed E-state index contributed by atoms with van der Waals surface area (Å²) in [7, 11) is 0. The molecule has 0 bridgehead atoms. The number of hydrogen-bond acceptors (Lipinski definition) is 5. The van der Waals surface area contributed by atoms with E-state index in [9.17, 15) is 4.79 Å². The Bertz CT molecular complexity index is 1010. The summed E-state index contributed by atoms with van der Waals surface area (Å²) < 4.78 is 0. The smallest absolute Gasteiger partial charge is 0.274 e. The highest BCUT2D eigenvalue weighted by Crippen LogP contribution is 2.22. The van der Waals surface area contributed by atoms with Crippen molar-refractivity contribution in [2.45, 2.75) is 6.92 Å². The van der Waals surface area contributed by atoms with Crippen LogP contribution in [0.5, 0.6) is 0 Å². The molecule has 2 aromatic carbocycles. The first kappa shape index (κ1) is 17.4. The minimum absolute atomic E-state index is 0.197. The van der Waals surface area contributed by atoms with Crippen molar-refractivity contribution >= 4 is 34.8 Å². The number of benzene rings is 2. The molecule has 1 aromatic heterocycles. The largest absolute Gasteiger partial charge is 0.324 e. The SMILES string of the molecule is Cc1ccc(Nc2nccc(C(=O)Nc3cccc(C#N)c3)n2)cc1Cl. The van der Waals surface area contributed by atoms with Crippen molar-refractivity contribution in [1.29, 1.82) is 5.26 Å². The number of aryl methyl sites for hydroxylation is 1. The Kier molecular flexibility index (Phi) is 5.11. The van der Waals surface area contributed by atoms with Gasteiger partial charge in [0.05, 0.1) is 11.6 Å². The highest BCUT2D eigenvalue weighted by molar-refractivity contribution is 6.31. The van der Waals surface area contributed by atoms with Crippen molar-refractivity contribution < 1.29 is 4.79 Å². The number of rotatable bonds is 4. The van der Waals surface area contributed by atoms with Crippen LogP contribution in [0.4, 0.5) is 17.3 Å². The second kappa shape index (κ2) is 7.64. The molecule has 0 atom stereocenters. The molecule has 0 saturated heterocycles. The first-order valence-electron chi connectivity index (χ1n) is 7.73. The van der Waals surface area contributed by atoms with Crippen molar-refractivity contribution in [2.75, 3.05) is 10.6 Å². The van der Waals surface area contributed by atoms with Crippen molar-refractivity contribution in [2.24, 2.45) is 0 Å². The van der Waals surface area contributed by atoms with Gasteiger partial charge in [-0.15, -0.1) is 0 Å². The number of nitrogens with one attached hydrogen (secondary N) is 2. The molecule has 0 saturated carbocycles. The van der Waals surface area contributed by atoms with Gasteiger partial charge in [-0.3, -0.25) is 4.79 Å². The first-order chi connectivity index (χ1) is 12.5. The summed E-state index contributed by atoms with van der Waals surface area (Å²) in [5.41, 5.74) is 2.87. The van der Waals surface area contributed by atoms with Gasteiger partial charge in [0.1, 0.15) is 5.69 Å². The van der Waals surface area contributed by atoms with Gasteiger partial charge >= 0.3 is 0 Å². The van der Waals surface area contributed by atoms with Gasteiger partial charge in [-0.2, -0.15) is 5.26 Å². The van der Waals surface area contributed by atoms with Gasteiger partial charge in [0, 0.05) is 22.6 Å². The van der Waals surface area contributed by atoms with Crippen molar-refractivity contribution in [3.05, 3.63) is 76.6 Å². The lowest BCUT2D eigenvalue weighted by Gasteiger charge is -2.08. The lowest BCUT2D eigenvalue weighted by atomic mass is 10.2. The van der Waals surface area contributed by atoms with Crippen LogP contribution in [0.1, 0.15) is 21.6 Å². The quantitative estimate of drug-likeness (QED) is 0.720. The fourth-order valence-corrected chi connectivity index (χ4v) is 2.39. The number of nitriles is 1. The summed E-state index contributed by atoms with van der Waals surface area (Å²) in [6.07, 6.45) is 1.49. The van der Waals surface area contributed by atoms with Gasteiger partial charge in [0.2, 0.25) is 5.95 Å². The Morgan fingerprint density at radius 1 is 1.15 bits per heavy atom. The molecule has 26 heavy (non-hydrogen) atoms. The van der Waals surface area contributed by atoms with Crippen LogP contribution in [-0.2, 0) is 0 Å². The Hall–Kier alpha value is -3.43. The number of halogens is 1. The normalized spacial score (nSPS) is 10.0. The van der Waals surface area contributed by atoms with Crippen LogP contribution in [0.25, 0.3) is 0 Å². The zero-order valence-electron chi connectivity index (χ0n) is 13.8. The maximum atomic E-state index is 12.4. The molecule has 7 heteroatoms. The molecule has 3 aromatic rings. The predicted molar refractivity (Wildman–Crippen MR) is 101 cm³/mol. The van der Waals surface area contributed by atoms with Crippen LogP contribution < -0.4 is 10.6 Å². The van der Waals surface area contributed by atoms with Crippen LogP contribution in [0.3, 0.4) is 0 Å². The van der Waals surface area contributed by atoms with Gasteiger partial charge in [-0.25, -0.2) is 9.97 Å². The second-order valence-corrected chi connectivity index (χ2v) is 5.91. The van der Waals surface area contributed by atoms with Crippen molar-refractivity contribution in [3.63, 3.8) is 0 Å². The third-order valence-electron chi connectivity index (χ3n) is 3.57. The summed E-state index contributed by atoms with van der Waals surface area (Å²) >= 11 is 6.11. The monoisotopic (exact) mass is 363 g/mol. The van der Waals surface area contributed by atoms with Crippen molar-refractivity contribution in [3.8, 4) is 6.07 Å². The van der Waals surface area contributed by atoms with E-state index < -0.39 is 5.91 Å². The zero-order valence-corrected chi connectivity index (χ0v) is 14.6. The highest BCUT2D eigenvalue weighted by atomic mass is 35.5. The number of carbonyl (C=O) groups is 1. The summed E-state index contributed by atoms with van der Waals surface area (Å²) in [5, 5.41) is 15.3. The van der Waals surface area contributed by atoms with E-state index in [1.165, 1.54) is 12.3 Å². The molecule has 0 aliphatic heterocycles. The second-order valence-electron chi connectivity index (χ2n) is 5.50. The maximum absolute atomic E-state index is 12.4. The number of hydrogen-bond donors (Lipinski definition) is 2. The molecule has 0 aliphatic carbocycles. The minimum atomic E-state index is -0.396. The van der Waals surface area contributed by atoms with E-state index in [2.05, 4.69) is 20.6 Å². The van der Waals surface area contributed by atoms with Crippen LogP contribution >= 0.6 is 11.6 Å². The Balaban J connectivity index is 1.76. The standard InChI is InChI=1S/C19H14ClN5O/c1-12-5-6-15(10-16(12)20)24-19-22-8-7-17(25-19)18(26)23-14-4-2-3-13(9-14)11-21/h2-10H,1H3,(H,23,26)(H,22,24,25). The van der Waals surface area contributed by atoms with Crippen LogP contribution in [0.15, 0.2) is 54.7 Å². The lowest BCUT2D eigenvalue weighted by molar-refractivity contribution is 0.102. The number of carbonyl (C=O) groups excluding carboxylic acids is 1. The molecule has 1 heterocycles. The molecule has 6 nitrogen and oxygen atoms in total. The van der Waals surface area contributed by atoms with E-state index in [0.717, 1.165) is 11.3 Å². The first-order valence-corrected chi connectivity index (χ1v) is 8.11. The third-order valence-corrected chi connectivity index (χ3v) is 3.97. The Morgan fingerprint density at radius 3 is 2.77 bits per heavy atom. The van der Waals surface area contributed by atoms with E-state index in [4.69, 9.17) is 16.9 Å².